The third-order valence-electron chi connectivity index (χ3n) is 5.67. The molecule has 2 aliphatic heterocycles. The summed E-state index contributed by atoms with van der Waals surface area (Å²) < 4.78 is 0. The van der Waals surface area contributed by atoms with Crippen LogP contribution in [0.5, 0.6) is 0 Å². The van der Waals surface area contributed by atoms with Crippen LogP contribution >= 0.6 is 0 Å². The topological polar surface area (TPSA) is 48.4 Å². The molecule has 3 aromatic rings. The van der Waals surface area contributed by atoms with Crippen LogP contribution in [-0.4, -0.2) is 47.7 Å². The van der Waals surface area contributed by atoms with Gasteiger partial charge in [-0.15, -0.1) is 0 Å². The summed E-state index contributed by atoms with van der Waals surface area (Å²) in [5.74, 6) is 3.09. The fraction of sp³-hybridized carbons (Fsp3) is 0.318. The Bertz CT molecular complexity index is 937. The Morgan fingerprint density at radius 3 is 2.04 bits per heavy atom. The Balaban J connectivity index is 1.28. The standard InChI is InChI=1S/C22H24N6/c1-2-6-19-16-28(10-8-18(19)5-1)22-15-21(24-17-25-22)27-13-11-26(12-14-27)20-7-3-4-9-23-20/h1-7,9,15,17H,8,10-14,16H2. The van der Waals surface area contributed by atoms with E-state index >= 15 is 0 Å². The van der Waals surface area contributed by atoms with Crippen molar-refractivity contribution in [1.29, 1.82) is 0 Å². The van der Waals surface area contributed by atoms with E-state index < -0.39 is 0 Å². The molecule has 4 heterocycles. The van der Waals surface area contributed by atoms with Gasteiger partial charge in [-0.05, 0) is 29.7 Å². The van der Waals surface area contributed by atoms with Gasteiger partial charge < -0.3 is 14.7 Å². The van der Waals surface area contributed by atoms with Crippen molar-refractivity contribution in [2.24, 2.45) is 0 Å². The maximum absolute atomic E-state index is 4.56. The highest BCUT2D eigenvalue weighted by Gasteiger charge is 2.21. The van der Waals surface area contributed by atoms with Gasteiger partial charge in [-0.25, -0.2) is 15.0 Å². The quantitative estimate of drug-likeness (QED) is 0.705. The molecule has 0 aliphatic carbocycles. The van der Waals surface area contributed by atoms with E-state index in [1.165, 1.54) is 11.1 Å². The van der Waals surface area contributed by atoms with Crippen LogP contribution in [0.25, 0.3) is 0 Å². The van der Waals surface area contributed by atoms with Crippen LogP contribution in [0.15, 0.2) is 61.1 Å². The highest BCUT2D eigenvalue weighted by Crippen LogP contribution is 2.25. The molecule has 0 N–H and O–H groups in total. The number of nitrogens with zero attached hydrogens (tertiary/aromatic N) is 6. The summed E-state index contributed by atoms with van der Waals surface area (Å²) in [7, 11) is 0. The van der Waals surface area contributed by atoms with Crippen molar-refractivity contribution in [2.75, 3.05) is 47.4 Å². The molecule has 1 aromatic carbocycles. The smallest absolute Gasteiger partial charge is 0.134 e. The molecule has 2 aliphatic rings. The molecular formula is C22H24N6. The molecule has 142 valence electrons. The molecule has 6 heteroatoms. The van der Waals surface area contributed by atoms with Gasteiger partial charge in [0.25, 0.3) is 0 Å². The summed E-state index contributed by atoms with van der Waals surface area (Å²) in [4.78, 5) is 20.6. The highest BCUT2D eigenvalue weighted by atomic mass is 15.3. The van der Waals surface area contributed by atoms with Gasteiger partial charge in [0.1, 0.15) is 23.8 Å². The molecule has 6 nitrogen and oxygen atoms in total. The van der Waals surface area contributed by atoms with Crippen LogP contribution in [-0.2, 0) is 13.0 Å². The van der Waals surface area contributed by atoms with Gasteiger partial charge in [-0.1, -0.05) is 30.3 Å². The lowest BCUT2D eigenvalue weighted by Gasteiger charge is -2.36. The molecule has 0 atom stereocenters. The average molecular weight is 372 g/mol. The van der Waals surface area contributed by atoms with Crippen LogP contribution in [0.3, 0.4) is 0 Å². The number of hydrogen-bond acceptors (Lipinski definition) is 6. The molecule has 0 amide bonds. The molecule has 0 bridgehead atoms. The van der Waals surface area contributed by atoms with Crippen molar-refractivity contribution in [1.82, 2.24) is 15.0 Å². The molecule has 0 saturated carbocycles. The summed E-state index contributed by atoms with van der Waals surface area (Å²) >= 11 is 0. The van der Waals surface area contributed by atoms with Crippen molar-refractivity contribution in [2.45, 2.75) is 13.0 Å². The van der Waals surface area contributed by atoms with E-state index in [2.05, 4.69) is 66.0 Å². The van der Waals surface area contributed by atoms with Crippen molar-refractivity contribution in [3.63, 3.8) is 0 Å². The van der Waals surface area contributed by atoms with E-state index in [0.29, 0.717) is 0 Å². The first-order chi connectivity index (χ1) is 13.9. The van der Waals surface area contributed by atoms with Crippen LogP contribution in [0, 0.1) is 0 Å². The fourth-order valence-corrected chi connectivity index (χ4v) is 4.08. The Morgan fingerprint density at radius 2 is 1.29 bits per heavy atom. The van der Waals surface area contributed by atoms with Gasteiger partial charge in [0.15, 0.2) is 0 Å². The van der Waals surface area contributed by atoms with Crippen LogP contribution in [0.2, 0.25) is 0 Å². The molecule has 0 unspecified atom stereocenters. The van der Waals surface area contributed by atoms with E-state index in [4.69, 9.17) is 0 Å². The largest absolute Gasteiger partial charge is 0.353 e. The van der Waals surface area contributed by atoms with Crippen LogP contribution in [0.4, 0.5) is 17.5 Å². The van der Waals surface area contributed by atoms with Crippen molar-refractivity contribution in [3.05, 3.63) is 72.2 Å². The number of rotatable bonds is 3. The minimum Gasteiger partial charge on any atom is -0.353 e. The number of aromatic nitrogens is 3. The van der Waals surface area contributed by atoms with E-state index in [1.807, 2.05) is 18.3 Å². The Morgan fingerprint density at radius 1 is 0.607 bits per heavy atom. The lowest BCUT2D eigenvalue weighted by atomic mass is 10.00. The van der Waals surface area contributed by atoms with Gasteiger partial charge in [0.2, 0.25) is 0 Å². The van der Waals surface area contributed by atoms with Gasteiger partial charge in [-0.3, -0.25) is 0 Å². The predicted octanol–water partition coefficient (Wildman–Crippen LogP) is 2.76. The Kier molecular flexibility index (Phi) is 4.53. The van der Waals surface area contributed by atoms with E-state index in [9.17, 15) is 0 Å². The lowest BCUT2D eigenvalue weighted by Crippen LogP contribution is -2.47. The molecule has 1 fully saturated rings. The summed E-state index contributed by atoms with van der Waals surface area (Å²) in [5.41, 5.74) is 2.86. The number of hydrogen-bond donors (Lipinski definition) is 0. The average Bonchev–Trinajstić information content (AvgIpc) is 2.79. The Hall–Kier alpha value is -3.15. The number of pyridine rings is 1. The normalized spacial score (nSPS) is 16.8. The van der Waals surface area contributed by atoms with Crippen molar-refractivity contribution >= 4 is 17.5 Å². The zero-order valence-electron chi connectivity index (χ0n) is 15.9. The van der Waals surface area contributed by atoms with E-state index in [-0.39, 0.29) is 0 Å². The molecular weight excluding hydrogens is 348 g/mol. The minimum atomic E-state index is 0.917. The van der Waals surface area contributed by atoms with Crippen LogP contribution < -0.4 is 14.7 Å². The second-order valence-corrected chi connectivity index (χ2v) is 7.34. The molecule has 2 aromatic heterocycles. The summed E-state index contributed by atoms with van der Waals surface area (Å²) in [6.07, 6.45) is 4.63. The maximum Gasteiger partial charge on any atom is 0.134 e. The first-order valence-electron chi connectivity index (χ1n) is 9.91. The Labute approximate surface area is 165 Å². The first-order valence-corrected chi connectivity index (χ1v) is 9.91. The molecule has 5 rings (SSSR count). The molecule has 0 spiro atoms. The van der Waals surface area contributed by atoms with Gasteiger partial charge >= 0.3 is 0 Å². The predicted molar refractivity (Wildman–Crippen MR) is 112 cm³/mol. The van der Waals surface area contributed by atoms with Gasteiger partial charge in [-0.2, -0.15) is 0 Å². The first kappa shape index (κ1) is 17.0. The second kappa shape index (κ2) is 7.46. The van der Waals surface area contributed by atoms with Gasteiger partial charge in [0, 0.05) is 51.5 Å². The highest BCUT2D eigenvalue weighted by molar-refractivity contribution is 5.53. The maximum atomic E-state index is 4.56. The molecule has 1 saturated heterocycles. The monoisotopic (exact) mass is 372 g/mol. The SMILES string of the molecule is c1ccc(N2CCN(c3cc(N4CCc5ccccc5C4)ncn3)CC2)nc1. The molecule has 0 radical (unpaired) electrons. The minimum absolute atomic E-state index is 0.917. The zero-order chi connectivity index (χ0) is 18.8. The summed E-state index contributed by atoms with van der Waals surface area (Å²) in [6.45, 7) is 5.70. The summed E-state index contributed by atoms with van der Waals surface area (Å²) in [5, 5.41) is 0. The number of anilines is 3. The fourth-order valence-electron chi connectivity index (χ4n) is 4.08. The third-order valence-corrected chi connectivity index (χ3v) is 5.67. The number of benzene rings is 1. The zero-order valence-corrected chi connectivity index (χ0v) is 15.9. The van der Waals surface area contributed by atoms with E-state index in [0.717, 1.165) is 63.1 Å². The third kappa shape index (κ3) is 3.38. The lowest BCUT2D eigenvalue weighted by molar-refractivity contribution is 0.640. The van der Waals surface area contributed by atoms with Crippen molar-refractivity contribution in [3.8, 4) is 0 Å². The van der Waals surface area contributed by atoms with Crippen LogP contribution in [0.1, 0.15) is 11.1 Å². The van der Waals surface area contributed by atoms with E-state index in [1.54, 1.807) is 6.33 Å². The van der Waals surface area contributed by atoms with Crippen molar-refractivity contribution < 1.29 is 0 Å². The van der Waals surface area contributed by atoms with Gasteiger partial charge in [0.05, 0.1) is 0 Å². The number of piperazine rings is 1. The molecule has 28 heavy (non-hydrogen) atoms. The second-order valence-electron chi connectivity index (χ2n) is 7.34. The summed E-state index contributed by atoms with van der Waals surface area (Å²) in [6, 6.07) is 16.9. The number of fused-ring (bicyclic) bond motifs is 1.